The van der Waals surface area contributed by atoms with Crippen molar-refractivity contribution in [3.8, 4) is 11.3 Å². The van der Waals surface area contributed by atoms with E-state index in [-0.39, 0.29) is 18.6 Å². The maximum Gasteiger partial charge on any atom is 0.251 e. The van der Waals surface area contributed by atoms with Crippen molar-refractivity contribution in [2.45, 2.75) is 40.2 Å². The zero-order valence-electron chi connectivity index (χ0n) is 16.3. The molecular formula is C23H26N2O2. The molecule has 3 rings (SSSR count). The average Bonchev–Trinajstić information content (AvgIpc) is 2.65. The first kappa shape index (κ1) is 19.1. The number of carbonyl (C=O) groups excluding carboxylic acids is 1. The number of benzene rings is 2. The van der Waals surface area contributed by atoms with E-state index in [1.807, 2.05) is 25.1 Å². The van der Waals surface area contributed by atoms with Crippen molar-refractivity contribution < 1.29 is 9.90 Å². The van der Waals surface area contributed by atoms with Crippen LogP contribution < -0.4 is 5.32 Å². The van der Waals surface area contributed by atoms with Crippen LogP contribution in [0.4, 0.5) is 0 Å². The quantitative estimate of drug-likeness (QED) is 0.710. The van der Waals surface area contributed by atoms with Gasteiger partial charge in [0, 0.05) is 29.2 Å². The normalized spacial score (nSPS) is 12.2. The number of nitrogens with zero attached hydrogens (tertiary/aromatic N) is 1. The highest BCUT2D eigenvalue weighted by Crippen LogP contribution is 2.28. The summed E-state index contributed by atoms with van der Waals surface area (Å²) in [5.41, 5.74) is 6.97. The largest absolute Gasteiger partial charge is 0.396 e. The van der Waals surface area contributed by atoms with E-state index in [4.69, 9.17) is 10.1 Å². The van der Waals surface area contributed by atoms with Crippen molar-refractivity contribution in [1.29, 1.82) is 0 Å². The Hall–Kier alpha value is -2.72. The number of carbonyl (C=O) groups is 1. The molecule has 1 atom stereocenters. The predicted octanol–water partition coefficient (Wildman–Crippen LogP) is 4.33. The van der Waals surface area contributed by atoms with Gasteiger partial charge in [0.05, 0.1) is 11.2 Å². The lowest BCUT2D eigenvalue weighted by Crippen LogP contribution is -2.33. The lowest BCUT2D eigenvalue weighted by molar-refractivity contribution is 0.0934. The topological polar surface area (TPSA) is 62.2 Å². The molecule has 0 spiro atoms. The fraction of sp³-hybridized carbons (Fsp3) is 0.304. The third-order valence-electron chi connectivity index (χ3n) is 5.07. The fourth-order valence-electron chi connectivity index (χ4n) is 3.24. The van der Waals surface area contributed by atoms with Crippen LogP contribution in [0.15, 0.2) is 42.5 Å². The number of aromatic nitrogens is 1. The molecule has 3 aromatic rings. The molecule has 0 radical (unpaired) electrons. The second-order valence-corrected chi connectivity index (χ2v) is 7.20. The Morgan fingerprint density at radius 1 is 1.11 bits per heavy atom. The Balaban J connectivity index is 2.00. The molecule has 0 saturated heterocycles. The van der Waals surface area contributed by atoms with Gasteiger partial charge in [-0.15, -0.1) is 0 Å². The van der Waals surface area contributed by atoms with Crippen molar-refractivity contribution >= 4 is 16.8 Å². The molecule has 2 aromatic carbocycles. The molecule has 0 fully saturated rings. The first-order valence-corrected chi connectivity index (χ1v) is 9.30. The summed E-state index contributed by atoms with van der Waals surface area (Å²) in [4.78, 5) is 17.4. The van der Waals surface area contributed by atoms with Crippen molar-refractivity contribution in [2.24, 2.45) is 0 Å². The summed E-state index contributed by atoms with van der Waals surface area (Å²) in [5.74, 6) is -0.137. The third kappa shape index (κ3) is 4.01. The van der Waals surface area contributed by atoms with Crippen LogP contribution in [0.25, 0.3) is 22.2 Å². The Morgan fingerprint density at radius 2 is 1.89 bits per heavy atom. The van der Waals surface area contributed by atoms with Crippen molar-refractivity contribution in [3.05, 3.63) is 64.7 Å². The molecule has 0 aliphatic rings. The van der Waals surface area contributed by atoms with Gasteiger partial charge in [0.2, 0.25) is 0 Å². The number of amides is 1. The summed E-state index contributed by atoms with van der Waals surface area (Å²) < 4.78 is 0. The molecular weight excluding hydrogens is 336 g/mol. The summed E-state index contributed by atoms with van der Waals surface area (Å²) in [6.45, 7) is 8.23. The average molecular weight is 362 g/mol. The van der Waals surface area contributed by atoms with Gasteiger partial charge in [-0.05, 0) is 69.0 Å². The molecule has 1 amide bonds. The molecule has 4 heteroatoms. The van der Waals surface area contributed by atoms with Gasteiger partial charge < -0.3 is 10.4 Å². The molecule has 0 bridgehead atoms. The van der Waals surface area contributed by atoms with Gasteiger partial charge in [-0.1, -0.05) is 24.3 Å². The number of hydrogen-bond donors (Lipinski definition) is 2. The molecule has 140 valence electrons. The van der Waals surface area contributed by atoms with E-state index in [1.54, 1.807) is 6.07 Å². The van der Waals surface area contributed by atoms with E-state index in [1.165, 1.54) is 16.7 Å². The Labute approximate surface area is 160 Å². The first-order valence-electron chi connectivity index (χ1n) is 9.30. The SMILES string of the molecule is Cc1ccc2c(C)cc(-c3cccc(C(=O)N[C@@H](C)CCO)c3)nc2c1C. The van der Waals surface area contributed by atoms with Crippen LogP contribution in [0.1, 0.15) is 40.4 Å². The van der Waals surface area contributed by atoms with Gasteiger partial charge in [0.15, 0.2) is 0 Å². The lowest BCUT2D eigenvalue weighted by atomic mass is 9.99. The standard InChI is InChI=1S/C23H26N2O2/c1-14-8-9-20-15(2)12-21(25-22(20)17(14)4)18-6-5-7-19(13-18)23(27)24-16(3)10-11-26/h5-9,12-13,16,26H,10-11H2,1-4H3,(H,24,27)/t16-/m0/s1. The molecule has 1 heterocycles. The molecule has 4 nitrogen and oxygen atoms in total. The van der Waals surface area contributed by atoms with Crippen LogP contribution in [0, 0.1) is 20.8 Å². The maximum atomic E-state index is 12.5. The van der Waals surface area contributed by atoms with Crippen LogP contribution in [0.3, 0.4) is 0 Å². The molecule has 0 aliphatic heterocycles. The van der Waals surface area contributed by atoms with Gasteiger partial charge in [-0.25, -0.2) is 4.98 Å². The van der Waals surface area contributed by atoms with Crippen molar-refractivity contribution in [1.82, 2.24) is 10.3 Å². The smallest absolute Gasteiger partial charge is 0.251 e. The van der Waals surface area contributed by atoms with Crippen LogP contribution in [-0.2, 0) is 0 Å². The van der Waals surface area contributed by atoms with E-state index in [0.717, 1.165) is 22.2 Å². The highest BCUT2D eigenvalue weighted by Gasteiger charge is 2.12. The van der Waals surface area contributed by atoms with E-state index in [2.05, 4.69) is 44.3 Å². The van der Waals surface area contributed by atoms with E-state index < -0.39 is 0 Å². The van der Waals surface area contributed by atoms with Gasteiger partial charge in [-0.2, -0.15) is 0 Å². The van der Waals surface area contributed by atoms with E-state index >= 15 is 0 Å². The molecule has 1 aromatic heterocycles. The van der Waals surface area contributed by atoms with E-state index in [0.29, 0.717) is 12.0 Å². The molecule has 0 unspecified atom stereocenters. The van der Waals surface area contributed by atoms with Gasteiger partial charge in [0.1, 0.15) is 0 Å². The van der Waals surface area contributed by atoms with Crippen LogP contribution >= 0.6 is 0 Å². The number of rotatable bonds is 5. The first-order chi connectivity index (χ1) is 12.9. The maximum absolute atomic E-state index is 12.5. The molecule has 0 aliphatic carbocycles. The van der Waals surface area contributed by atoms with Crippen LogP contribution in [-0.4, -0.2) is 28.6 Å². The summed E-state index contributed by atoms with van der Waals surface area (Å²) in [6.07, 6.45) is 0.537. The Morgan fingerprint density at radius 3 is 2.63 bits per heavy atom. The monoisotopic (exact) mass is 362 g/mol. The number of aliphatic hydroxyl groups is 1. The molecule has 0 saturated carbocycles. The minimum atomic E-state index is -0.137. The zero-order valence-corrected chi connectivity index (χ0v) is 16.3. The van der Waals surface area contributed by atoms with Gasteiger partial charge in [-0.3, -0.25) is 4.79 Å². The van der Waals surface area contributed by atoms with E-state index in [9.17, 15) is 4.79 Å². The number of aryl methyl sites for hydroxylation is 3. The number of aliphatic hydroxyl groups excluding tert-OH is 1. The summed E-state index contributed by atoms with van der Waals surface area (Å²) in [7, 11) is 0. The lowest BCUT2D eigenvalue weighted by Gasteiger charge is -2.14. The predicted molar refractivity (Wildman–Crippen MR) is 110 cm³/mol. The zero-order chi connectivity index (χ0) is 19.6. The molecule has 2 N–H and O–H groups in total. The van der Waals surface area contributed by atoms with Gasteiger partial charge >= 0.3 is 0 Å². The number of nitrogens with one attached hydrogen (secondary N) is 1. The minimum Gasteiger partial charge on any atom is -0.396 e. The Bertz CT molecular complexity index is 995. The number of hydrogen-bond acceptors (Lipinski definition) is 3. The van der Waals surface area contributed by atoms with Crippen LogP contribution in [0.2, 0.25) is 0 Å². The third-order valence-corrected chi connectivity index (χ3v) is 5.07. The van der Waals surface area contributed by atoms with Crippen LogP contribution in [0.5, 0.6) is 0 Å². The highest BCUT2D eigenvalue weighted by atomic mass is 16.3. The van der Waals surface area contributed by atoms with Crippen molar-refractivity contribution in [2.75, 3.05) is 6.61 Å². The number of pyridine rings is 1. The molecule has 27 heavy (non-hydrogen) atoms. The number of fused-ring (bicyclic) bond motifs is 1. The summed E-state index contributed by atoms with van der Waals surface area (Å²) in [5, 5.41) is 13.1. The second-order valence-electron chi connectivity index (χ2n) is 7.20. The highest BCUT2D eigenvalue weighted by molar-refractivity contribution is 5.96. The minimum absolute atomic E-state index is 0.0561. The summed E-state index contributed by atoms with van der Waals surface area (Å²) in [6, 6.07) is 13.8. The fourth-order valence-corrected chi connectivity index (χ4v) is 3.24. The van der Waals surface area contributed by atoms with Crippen molar-refractivity contribution in [3.63, 3.8) is 0 Å². The van der Waals surface area contributed by atoms with Gasteiger partial charge in [0.25, 0.3) is 5.91 Å². The Kier molecular flexibility index (Phi) is 5.57. The summed E-state index contributed by atoms with van der Waals surface area (Å²) >= 11 is 0. The second kappa shape index (κ2) is 7.89.